The Morgan fingerprint density at radius 2 is 1.45 bits per heavy atom. The fraction of sp³-hybridized carbons (Fsp3) is 0.429. The van der Waals surface area contributed by atoms with Crippen LogP contribution >= 0.6 is 0 Å². The summed E-state index contributed by atoms with van der Waals surface area (Å²) < 4.78 is 1.39. The Morgan fingerprint density at radius 1 is 1.00 bits per heavy atom. The van der Waals surface area contributed by atoms with Gasteiger partial charge in [0.15, 0.2) is 0 Å². The number of rotatable bonds is 0. The van der Waals surface area contributed by atoms with E-state index in [1.54, 1.807) is 0 Å². The van der Waals surface area contributed by atoms with E-state index in [1.165, 1.54) is 44.9 Å². The predicted octanol–water partition coefficient (Wildman–Crippen LogP) is -4.88. The van der Waals surface area contributed by atoms with Crippen molar-refractivity contribution in [3.05, 3.63) is 16.8 Å². The van der Waals surface area contributed by atoms with Crippen LogP contribution in [-0.4, -0.2) is 4.98 Å². The molecule has 0 saturated carbocycles. The van der Waals surface area contributed by atoms with Gasteiger partial charge in [0.1, 0.15) is 0 Å². The monoisotopic (exact) mass is 268 g/mol. The molecule has 0 spiro atoms. The van der Waals surface area contributed by atoms with E-state index in [0.717, 1.165) is 0 Å². The zero-order valence-electron chi connectivity index (χ0n) is 6.76. The summed E-state index contributed by atoms with van der Waals surface area (Å²) in [5.74, 6) is 0. The number of aromatic nitrogens is 1. The van der Waals surface area contributed by atoms with Crippen molar-refractivity contribution in [2.75, 3.05) is 0 Å². The van der Waals surface area contributed by atoms with Gasteiger partial charge in [-0.1, -0.05) is 0 Å². The average Bonchev–Trinajstić information content (AvgIpc) is 1.98. The number of aromatic amines is 1. The van der Waals surface area contributed by atoms with Crippen LogP contribution in [0.25, 0.3) is 0 Å². The normalized spacial score (nSPS) is 8.45. The predicted molar refractivity (Wildman–Crippen MR) is 34.6 cm³/mol. The van der Waals surface area contributed by atoms with E-state index in [4.69, 9.17) is 0 Å². The van der Waals surface area contributed by atoms with Crippen LogP contribution < -0.4 is 28.2 Å². The molecule has 0 saturated heterocycles. The van der Waals surface area contributed by atoms with Gasteiger partial charge in [0, 0.05) is 0 Å². The van der Waals surface area contributed by atoms with Crippen LogP contribution in [0.2, 0.25) is 0 Å². The van der Waals surface area contributed by atoms with E-state index < -0.39 is 0 Å². The molecule has 61 valence electrons. The second-order valence-electron chi connectivity index (χ2n) is 2.38. The molecule has 0 aromatic carbocycles. The number of H-pyrrole nitrogens is 1. The maximum atomic E-state index is 3.32. The van der Waals surface area contributed by atoms with E-state index in [-0.39, 0.29) is 24.8 Å². The quantitative estimate of drug-likeness (QED) is 0.487. The molecule has 0 amide bonds. The molecule has 0 bridgehead atoms. The molecule has 1 aromatic heterocycles. The van der Waals surface area contributed by atoms with E-state index in [2.05, 4.69) is 25.8 Å². The molecule has 11 heavy (non-hydrogen) atoms. The largest absolute Gasteiger partial charge is 1.00 e. The first-order valence-electron chi connectivity index (χ1n) is 3.00. The summed E-state index contributed by atoms with van der Waals surface area (Å²) in [6.45, 7) is 6.45. The molecule has 0 atom stereocenters. The zero-order valence-corrected chi connectivity index (χ0v) is 10.7. The van der Waals surface area contributed by atoms with Crippen molar-refractivity contribution in [3.8, 4) is 0 Å². The molecule has 0 fully saturated rings. The number of halogens is 2. The Hall–Kier alpha value is 0.743. The van der Waals surface area contributed by atoms with Crippen molar-refractivity contribution >= 4 is 3.40 Å². The van der Waals surface area contributed by atoms with Crippen molar-refractivity contribution in [2.24, 2.45) is 0 Å². The van der Waals surface area contributed by atoms with Gasteiger partial charge in [0.2, 0.25) is 0 Å². The minimum Gasteiger partial charge on any atom is -1.00 e. The zero-order chi connectivity index (χ0) is 7.02. The fourth-order valence-corrected chi connectivity index (χ4v) is 1.77. The Labute approximate surface area is 95.0 Å². The molecule has 1 nitrogen and oxygen atoms in total. The van der Waals surface area contributed by atoms with Gasteiger partial charge in [-0.3, -0.25) is 0 Å². The molecule has 1 rings (SSSR count). The first-order chi connectivity index (χ1) is 4.13. The van der Waals surface area contributed by atoms with Crippen molar-refractivity contribution in [2.45, 2.75) is 20.8 Å². The average molecular weight is 270 g/mol. The molecule has 0 aliphatic rings. The van der Waals surface area contributed by atoms with Gasteiger partial charge >= 0.3 is 70.7 Å². The summed E-state index contributed by atoms with van der Waals surface area (Å²) in [6, 6.07) is 0. The number of hydrogen-bond acceptors (Lipinski definition) is 0. The molecule has 1 aromatic rings. The van der Waals surface area contributed by atoms with Gasteiger partial charge in [0.25, 0.3) is 0 Å². The van der Waals surface area contributed by atoms with Gasteiger partial charge in [-0.05, 0) is 0 Å². The molecular formula is C7H10Cl2NZr. The third-order valence-electron chi connectivity index (χ3n) is 1.81. The molecule has 0 aliphatic carbocycles. The van der Waals surface area contributed by atoms with Crippen LogP contribution in [0.15, 0.2) is 0 Å². The summed E-state index contributed by atoms with van der Waals surface area (Å²) >= 11 is 1.48. The standard InChI is InChI=1S/C7H10N.2ClH.Zr/c1-5-4-8-7(3)6(5)2;;;/h8H,1-3H3;2*1H;/q;;;+2/p-2. The van der Waals surface area contributed by atoms with Crippen molar-refractivity contribution in [1.29, 1.82) is 0 Å². The van der Waals surface area contributed by atoms with Crippen molar-refractivity contribution < 1.29 is 49.5 Å². The van der Waals surface area contributed by atoms with E-state index in [0.29, 0.717) is 0 Å². The second kappa shape index (κ2) is 5.40. The van der Waals surface area contributed by atoms with Crippen LogP contribution in [0.5, 0.6) is 0 Å². The Kier molecular flexibility index (Phi) is 7.01. The smallest absolute Gasteiger partial charge is 1.00 e. The summed E-state index contributed by atoms with van der Waals surface area (Å²) in [5, 5.41) is 0. The number of aryl methyl sites for hydroxylation is 1. The first-order valence-corrected chi connectivity index (χ1v) is 4.23. The van der Waals surface area contributed by atoms with Crippen molar-refractivity contribution in [3.63, 3.8) is 0 Å². The van der Waals surface area contributed by atoms with Gasteiger partial charge < -0.3 is 24.8 Å². The summed E-state index contributed by atoms with van der Waals surface area (Å²) in [7, 11) is 0. The Bertz CT molecular complexity index is 210. The molecule has 1 heterocycles. The maximum absolute atomic E-state index is 3.32. The fourth-order valence-electron chi connectivity index (χ4n) is 0.844. The third kappa shape index (κ3) is 2.93. The van der Waals surface area contributed by atoms with Crippen LogP contribution in [-0.2, 0) is 24.7 Å². The van der Waals surface area contributed by atoms with Gasteiger partial charge in [-0.2, -0.15) is 0 Å². The molecule has 1 N–H and O–H groups in total. The maximum Gasteiger partial charge on any atom is -1.00 e. The Balaban J connectivity index is 0. The molecular weight excluding hydrogens is 260 g/mol. The summed E-state index contributed by atoms with van der Waals surface area (Å²) in [6.07, 6.45) is 0. The minimum absolute atomic E-state index is 0. The van der Waals surface area contributed by atoms with Crippen LogP contribution in [0, 0.1) is 20.8 Å². The Morgan fingerprint density at radius 3 is 1.55 bits per heavy atom. The first kappa shape index (κ1) is 14.3. The second-order valence-corrected chi connectivity index (χ2v) is 3.60. The summed E-state index contributed by atoms with van der Waals surface area (Å²) in [5.41, 5.74) is 4.17. The summed E-state index contributed by atoms with van der Waals surface area (Å²) in [4.78, 5) is 3.32. The molecule has 4 heteroatoms. The van der Waals surface area contributed by atoms with Crippen LogP contribution in [0.1, 0.15) is 16.8 Å². The van der Waals surface area contributed by atoms with E-state index in [1.807, 2.05) is 0 Å². The minimum atomic E-state index is 0. The third-order valence-corrected chi connectivity index (χ3v) is 3.04. The van der Waals surface area contributed by atoms with Gasteiger partial charge in [-0.25, -0.2) is 0 Å². The van der Waals surface area contributed by atoms with E-state index in [9.17, 15) is 0 Å². The van der Waals surface area contributed by atoms with Gasteiger partial charge in [0.05, 0.1) is 0 Å². The SMILES string of the molecule is Cc1[nH][c]([Zr+2])c(C)c1C.[Cl-].[Cl-]. The van der Waals surface area contributed by atoms with Gasteiger partial charge in [-0.15, -0.1) is 0 Å². The topological polar surface area (TPSA) is 15.8 Å². The van der Waals surface area contributed by atoms with E-state index >= 15 is 0 Å². The van der Waals surface area contributed by atoms with Crippen LogP contribution in [0.4, 0.5) is 0 Å². The van der Waals surface area contributed by atoms with Crippen LogP contribution in [0.3, 0.4) is 0 Å². The molecule has 0 unspecified atom stereocenters. The molecule has 0 aliphatic heterocycles. The number of nitrogens with one attached hydrogen (secondary N) is 1. The van der Waals surface area contributed by atoms with Crippen molar-refractivity contribution in [1.82, 2.24) is 4.98 Å². The number of hydrogen-bond donors (Lipinski definition) is 1. The molecule has 0 radical (unpaired) electrons.